The number of carbonyl (C=O) groups excluding carboxylic acids is 1. The zero-order valence-corrected chi connectivity index (χ0v) is 10.5. The van der Waals surface area contributed by atoms with Crippen LogP contribution >= 0.6 is 0 Å². The standard InChI is InChI=1S/C15H12F3NO/c16-15(17,18)13-8-9-14(20)19(13)12-7-3-5-10-4-1-2-6-11(10)12/h1-7,13H,8-9H2. The van der Waals surface area contributed by atoms with Gasteiger partial charge in [-0.25, -0.2) is 0 Å². The van der Waals surface area contributed by atoms with E-state index in [-0.39, 0.29) is 12.8 Å². The molecule has 0 bridgehead atoms. The van der Waals surface area contributed by atoms with Gasteiger partial charge in [0.05, 0.1) is 5.69 Å². The third kappa shape index (κ3) is 2.03. The topological polar surface area (TPSA) is 20.3 Å². The van der Waals surface area contributed by atoms with Crippen LogP contribution in [0.4, 0.5) is 18.9 Å². The molecule has 1 aliphatic heterocycles. The van der Waals surface area contributed by atoms with Crippen molar-refractivity contribution in [2.24, 2.45) is 0 Å². The van der Waals surface area contributed by atoms with Gasteiger partial charge in [-0.3, -0.25) is 9.69 Å². The Labute approximate surface area is 113 Å². The first-order valence-electron chi connectivity index (χ1n) is 6.35. The Balaban J connectivity index is 2.16. The predicted molar refractivity (Wildman–Crippen MR) is 70.5 cm³/mol. The van der Waals surface area contributed by atoms with Gasteiger partial charge in [-0.1, -0.05) is 36.4 Å². The van der Waals surface area contributed by atoms with E-state index in [0.29, 0.717) is 11.1 Å². The number of fused-ring (bicyclic) bond motifs is 1. The van der Waals surface area contributed by atoms with E-state index < -0.39 is 18.1 Å². The first-order valence-corrected chi connectivity index (χ1v) is 6.35. The Morgan fingerprint density at radius 3 is 2.50 bits per heavy atom. The minimum Gasteiger partial charge on any atom is -0.300 e. The van der Waals surface area contributed by atoms with Crippen LogP contribution < -0.4 is 4.90 Å². The van der Waals surface area contributed by atoms with Crippen molar-refractivity contribution in [3.63, 3.8) is 0 Å². The van der Waals surface area contributed by atoms with E-state index in [1.54, 1.807) is 24.3 Å². The van der Waals surface area contributed by atoms with Crippen molar-refractivity contribution in [2.45, 2.75) is 25.1 Å². The molecule has 0 radical (unpaired) electrons. The minimum absolute atomic E-state index is 0.0621. The van der Waals surface area contributed by atoms with Gasteiger partial charge >= 0.3 is 6.18 Å². The van der Waals surface area contributed by atoms with Crippen LogP contribution in [0.3, 0.4) is 0 Å². The second kappa shape index (κ2) is 4.51. The SMILES string of the molecule is O=C1CCC(C(F)(F)F)N1c1cccc2ccccc12. The molecule has 1 fully saturated rings. The van der Waals surface area contributed by atoms with Crippen LogP contribution in [0.5, 0.6) is 0 Å². The molecule has 1 heterocycles. The van der Waals surface area contributed by atoms with Gasteiger partial charge in [-0.15, -0.1) is 0 Å². The molecule has 0 aliphatic carbocycles. The summed E-state index contributed by atoms with van der Waals surface area (Å²) < 4.78 is 39.2. The number of benzene rings is 2. The Morgan fingerprint density at radius 2 is 1.75 bits per heavy atom. The first-order chi connectivity index (χ1) is 9.48. The summed E-state index contributed by atoms with van der Waals surface area (Å²) in [6.07, 6.45) is -4.64. The zero-order valence-electron chi connectivity index (χ0n) is 10.5. The highest BCUT2D eigenvalue weighted by Crippen LogP contribution is 2.39. The molecule has 0 N–H and O–H groups in total. The lowest BCUT2D eigenvalue weighted by molar-refractivity contribution is -0.148. The maximum absolute atomic E-state index is 13.1. The van der Waals surface area contributed by atoms with Crippen molar-refractivity contribution in [3.05, 3.63) is 42.5 Å². The van der Waals surface area contributed by atoms with Crippen LogP contribution in [-0.4, -0.2) is 18.1 Å². The maximum atomic E-state index is 13.1. The average molecular weight is 279 g/mol. The van der Waals surface area contributed by atoms with Crippen LogP contribution in [0.25, 0.3) is 10.8 Å². The summed E-state index contributed by atoms with van der Waals surface area (Å²) in [7, 11) is 0. The number of halogens is 3. The lowest BCUT2D eigenvalue weighted by Crippen LogP contribution is -2.43. The molecular formula is C15H12F3NO. The molecule has 1 amide bonds. The second-order valence-electron chi connectivity index (χ2n) is 4.86. The summed E-state index contributed by atoms with van der Waals surface area (Å²) in [5, 5.41) is 1.49. The molecule has 1 atom stereocenters. The average Bonchev–Trinajstić information content (AvgIpc) is 2.80. The third-order valence-corrected chi connectivity index (χ3v) is 3.62. The summed E-state index contributed by atoms with van der Waals surface area (Å²) in [6, 6.07) is 10.5. The predicted octanol–water partition coefficient (Wildman–Crippen LogP) is 3.90. The van der Waals surface area contributed by atoms with Gasteiger partial charge in [0.2, 0.25) is 5.91 Å². The number of alkyl halides is 3. The molecule has 0 saturated carbocycles. The molecule has 1 unspecified atom stereocenters. The summed E-state index contributed by atoms with van der Waals surface area (Å²) >= 11 is 0. The molecule has 2 nitrogen and oxygen atoms in total. The highest BCUT2D eigenvalue weighted by atomic mass is 19.4. The van der Waals surface area contributed by atoms with E-state index in [0.717, 1.165) is 10.3 Å². The molecule has 1 aliphatic rings. The molecule has 2 aromatic carbocycles. The second-order valence-corrected chi connectivity index (χ2v) is 4.86. The van der Waals surface area contributed by atoms with Crippen molar-refractivity contribution >= 4 is 22.4 Å². The lowest BCUT2D eigenvalue weighted by atomic mass is 10.1. The quantitative estimate of drug-likeness (QED) is 0.775. The van der Waals surface area contributed by atoms with Crippen molar-refractivity contribution < 1.29 is 18.0 Å². The molecule has 1 saturated heterocycles. The number of anilines is 1. The van der Waals surface area contributed by atoms with Crippen LogP contribution in [0.15, 0.2) is 42.5 Å². The van der Waals surface area contributed by atoms with Crippen molar-refractivity contribution in [3.8, 4) is 0 Å². The Bertz CT molecular complexity index is 660. The Hall–Kier alpha value is -2.04. The van der Waals surface area contributed by atoms with E-state index in [4.69, 9.17) is 0 Å². The molecular weight excluding hydrogens is 267 g/mol. The number of hydrogen-bond donors (Lipinski definition) is 0. The summed E-state index contributed by atoms with van der Waals surface area (Å²) in [4.78, 5) is 12.8. The monoisotopic (exact) mass is 279 g/mol. The lowest BCUT2D eigenvalue weighted by Gasteiger charge is -2.27. The van der Waals surface area contributed by atoms with E-state index in [9.17, 15) is 18.0 Å². The number of rotatable bonds is 1. The van der Waals surface area contributed by atoms with Crippen molar-refractivity contribution in [1.29, 1.82) is 0 Å². The first kappa shape index (κ1) is 13.0. The molecule has 5 heteroatoms. The molecule has 104 valence electrons. The van der Waals surface area contributed by atoms with Crippen LogP contribution in [-0.2, 0) is 4.79 Å². The van der Waals surface area contributed by atoms with Crippen molar-refractivity contribution in [2.75, 3.05) is 4.90 Å². The summed E-state index contributed by atoms with van der Waals surface area (Å²) in [5.74, 6) is -0.469. The van der Waals surface area contributed by atoms with Gasteiger partial charge in [0.15, 0.2) is 0 Å². The highest BCUT2D eigenvalue weighted by Gasteiger charge is 2.49. The van der Waals surface area contributed by atoms with E-state index in [1.165, 1.54) is 0 Å². The van der Waals surface area contributed by atoms with Gasteiger partial charge in [-0.2, -0.15) is 13.2 Å². The fraction of sp³-hybridized carbons (Fsp3) is 0.267. The summed E-state index contributed by atoms with van der Waals surface area (Å²) in [5.41, 5.74) is 0.341. The number of hydrogen-bond acceptors (Lipinski definition) is 1. The minimum atomic E-state index is -4.40. The van der Waals surface area contributed by atoms with Gasteiger partial charge in [-0.05, 0) is 17.9 Å². The summed E-state index contributed by atoms with van der Waals surface area (Å²) in [6.45, 7) is 0. The fourth-order valence-electron chi connectivity index (χ4n) is 2.71. The van der Waals surface area contributed by atoms with Gasteiger partial charge in [0.25, 0.3) is 0 Å². The molecule has 0 aromatic heterocycles. The van der Waals surface area contributed by atoms with E-state index in [2.05, 4.69) is 0 Å². The Kier molecular flexibility index (Phi) is 2.92. The number of carbonyl (C=O) groups is 1. The maximum Gasteiger partial charge on any atom is 0.409 e. The normalized spacial score (nSPS) is 19.9. The molecule has 20 heavy (non-hydrogen) atoms. The van der Waals surface area contributed by atoms with Crippen LogP contribution in [0.2, 0.25) is 0 Å². The van der Waals surface area contributed by atoms with E-state index >= 15 is 0 Å². The van der Waals surface area contributed by atoms with E-state index in [1.807, 2.05) is 18.2 Å². The molecule has 3 rings (SSSR count). The highest BCUT2D eigenvalue weighted by molar-refractivity contribution is 6.05. The molecule has 0 spiro atoms. The third-order valence-electron chi connectivity index (χ3n) is 3.62. The zero-order chi connectivity index (χ0) is 14.3. The molecule has 2 aromatic rings. The smallest absolute Gasteiger partial charge is 0.300 e. The Morgan fingerprint density at radius 1 is 1.05 bits per heavy atom. The number of nitrogens with zero attached hydrogens (tertiary/aromatic N) is 1. The van der Waals surface area contributed by atoms with Gasteiger partial charge in [0.1, 0.15) is 6.04 Å². The van der Waals surface area contributed by atoms with Gasteiger partial charge < -0.3 is 0 Å². The fourth-order valence-corrected chi connectivity index (χ4v) is 2.71. The largest absolute Gasteiger partial charge is 0.409 e. The van der Waals surface area contributed by atoms with Crippen molar-refractivity contribution in [1.82, 2.24) is 0 Å². The number of amides is 1. The van der Waals surface area contributed by atoms with Crippen LogP contribution in [0, 0.1) is 0 Å². The van der Waals surface area contributed by atoms with Gasteiger partial charge in [0, 0.05) is 11.8 Å². The van der Waals surface area contributed by atoms with Crippen LogP contribution in [0.1, 0.15) is 12.8 Å².